The largest absolute Gasteiger partial charge is 0.353 e. The zero-order valence-electron chi connectivity index (χ0n) is 16.3. The normalized spacial score (nSPS) is 14.9. The highest BCUT2D eigenvalue weighted by atomic mass is 16.2. The first-order valence-corrected chi connectivity index (χ1v) is 10.1. The van der Waals surface area contributed by atoms with Crippen LogP contribution in [0.4, 0.5) is 0 Å². The van der Waals surface area contributed by atoms with Crippen LogP contribution in [0.3, 0.4) is 0 Å². The smallest absolute Gasteiger partial charge is 0.252 e. The first kappa shape index (κ1) is 19.3. The van der Waals surface area contributed by atoms with Crippen LogP contribution in [0.25, 0.3) is 10.9 Å². The Bertz CT molecular complexity index is 826. The molecular weight excluding hydrogens is 338 g/mol. The molecule has 0 radical (unpaired) electrons. The summed E-state index contributed by atoms with van der Waals surface area (Å²) in [5.41, 5.74) is 3.36. The Morgan fingerprint density at radius 3 is 2.63 bits per heavy atom. The molecule has 1 fully saturated rings. The van der Waals surface area contributed by atoms with E-state index in [-0.39, 0.29) is 11.8 Å². The van der Waals surface area contributed by atoms with E-state index in [0.717, 1.165) is 41.4 Å². The van der Waals surface area contributed by atoms with Gasteiger partial charge in [-0.1, -0.05) is 44.4 Å². The lowest BCUT2D eigenvalue weighted by Crippen LogP contribution is -2.38. The molecule has 2 N–H and O–H groups in total. The van der Waals surface area contributed by atoms with Gasteiger partial charge in [0, 0.05) is 30.1 Å². The van der Waals surface area contributed by atoms with Gasteiger partial charge in [0.05, 0.1) is 11.1 Å². The zero-order valence-corrected chi connectivity index (χ0v) is 16.3. The van der Waals surface area contributed by atoms with Gasteiger partial charge in [0.25, 0.3) is 5.91 Å². The van der Waals surface area contributed by atoms with Gasteiger partial charge in [0.1, 0.15) is 0 Å². The van der Waals surface area contributed by atoms with Gasteiger partial charge in [-0.25, -0.2) is 0 Å². The van der Waals surface area contributed by atoms with Crippen molar-refractivity contribution in [1.29, 1.82) is 0 Å². The third-order valence-corrected chi connectivity index (χ3v) is 5.41. The van der Waals surface area contributed by atoms with E-state index in [9.17, 15) is 9.59 Å². The molecule has 5 heteroatoms. The molecule has 27 heavy (non-hydrogen) atoms. The van der Waals surface area contributed by atoms with Crippen molar-refractivity contribution >= 4 is 22.7 Å². The highest BCUT2D eigenvalue weighted by Gasteiger charge is 2.18. The molecule has 1 aromatic heterocycles. The summed E-state index contributed by atoms with van der Waals surface area (Å²) in [4.78, 5) is 29.7. The second-order valence-electron chi connectivity index (χ2n) is 7.34. The summed E-state index contributed by atoms with van der Waals surface area (Å²) in [7, 11) is 0. The number of hydrogen-bond acceptors (Lipinski definition) is 3. The Morgan fingerprint density at radius 2 is 1.89 bits per heavy atom. The summed E-state index contributed by atoms with van der Waals surface area (Å²) in [6.07, 6.45) is 6.87. The molecule has 0 bridgehead atoms. The maximum atomic E-state index is 12.8. The number of carbonyl (C=O) groups is 2. The van der Waals surface area contributed by atoms with Crippen LogP contribution in [0, 0.1) is 6.92 Å². The minimum absolute atomic E-state index is 0.0211. The fourth-order valence-electron chi connectivity index (χ4n) is 3.92. The molecule has 1 aromatic carbocycles. The molecule has 3 rings (SSSR count). The van der Waals surface area contributed by atoms with Crippen molar-refractivity contribution in [2.24, 2.45) is 0 Å². The molecule has 0 saturated heterocycles. The summed E-state index contributed by atoms with van der Waals surface area (Å²) in [6, 6.07) is 8.02. The fourth-order valence-corrected chi connectivity index (χ4v) is 3.92. The van der Waals surface area contributed by atoms with Gasteiger partial charge in [-0.2, -0.15) is 0 Å². The second-order valence-corrected chi connectivity index (χ2v) is 7.34. The van der Waals surface area contributed by atoms with E-state index in [0.29, 0.717) is 24.6 Å². The lowest BCUT2D eigenvalue weighted by atomic mass is 9.95. The highest BCUT2D eigenvalue weighted by molar-refractivity contribution is 6.07. The Balaban J connectivity index is 1.64. The Hall–Kier alpha value is -2.43. The Kier molecular flexibility index (Phi) is 6.43. The maximum Gasteiger partial charge on any atom is 0.252 e. The van der Waals surface area contributed by atoms with Crippen molar-refractivity contribution in [2.45, 2.75) is 64.8 Å². The van der Waals surface area contributed by atoms with Gasteiger partial charge in [0.15, 0.2) is 0 Å². The summed E-state index contributed by atoms with van der Waals surface area (Å²) in [6.45, 7) is 4.33. The number of fused-ring (bicyclic) bond motifs is 1. The number of pyridine rings is 1. The predicted octanol–water partition coefficient (Wildman–Crippen LogP) is 3.67. The van der Waals surface area contributed by atoms with E-state index in [1.165, 1.54) is 19.3 Å². The van der Waals surface area contributed by atoms with E-state index >= 15 is 0 Å². The minimum Gasteiger partial charge on any atom is -0.353 e. The lowest BCUT2D eigenvalue weighted by Gasteiger charge is -2.22. The lowest BCUT2D eigenvalue weighted by molar-refractivity contribution is -0.121. The number of aryl methyl sites for hydroxylation is 1. The number of carbonyl (C=O) groups excluding carboxylic acids is 2. The van der Waals surface area contributed by atoms with Gasteiger partial charge in [-0.15, -0.1) is 0 Å². The van der Waals surface area contributed by atoms with Gasteiger partial charge >= 0.3 is 0 Å². The Morgan fingerprint density at radius 1 is 1.15 bits per heavy atom. The molecule has 2 amide bonds. The average molecular weight is 367 g/mol. The standard InChI is InChI=1S/C22H29N3O2/c1-3-18-15(2)21(17-11-7-8-12-19(17)25-18)22(27)23-14-13-20(26)24-16-9-5-4-6-10-16/h7-8,11-12,16H,3-6,9-10,13-14H2,1-2H3,(H,23,27)(H,24,26). The summed E-state index contributed by atoms with van der Waals surface area (Å²) in [5.74, 6) is -0.112. The maximum absolute atomic E-state index is 12.8. The monoisotopic (exact) mass is 367 g/mol. The zero-order chi connectivity index (χ0) is 19.2. The highest BCUT2D eigenvalue weighted by Crippen LogP contribution is 2.23. The number of para-hydroxylation sites is 1. The van der Waals surface area contributed by atoms with Gasteiger partial charge < -0.3 is 10.6 Å². The van der Waals surface area contributed by atoms with Crippen molar-refractivity contribution in [2.75, 3.05) is 6.54 Å². The van der Waals surface area contributed by atoms with Crippen molar-refractivity contribution in [3.8, 4) is 0 Å². The van der Waals surface area contributed by atoms with Crippen molar-refractivity contribution in [3.05, 3.63) is 41.1 Å². The van der Waals surface area contributed by atoms with Crippen LogP contribution in [-0.4, -0.2) is 29.4 Å². The molecule has 0 spiro atoms. The molecule has 0 unspecified atom stereocenters. The predicted molar refractivity (Wildman–Crippen MR) is 108 cm³/mol. The van der Waals surface area contributed by atoms with E-state index in [2.05, 4.69) is 15.6 Å². The van der Waals surface area contributed by atoms with Crippen LogP contribution < -0.4 is 10.6 Å². The molecular formula is C22H29N3O2. The van der Waals surface area contributed by atoms with Crippen LogP contribution >= 0.6 is 0 Å². The van der Waals surface area contributed by atoms with Crippen LogP contribution in [0.1, 0.15) is 67.1 Å². The quantitative estimate of drug-likeness (QED) is 0.818. The Labute approximate surface area is 160 Å². The van der Waals surface area contributed by atoms with Crippen LogP contribution in [0.2, 0.25) is 0 Å². The van der Waals surface area contributed by atoms with E-state index < -0.39 is 0 Å². The van der Waals surface area contributed by atoms with Crippen LogP contribution in [-0.2, 0) is 11.2 Å². The van der Waals surface area contributed by atoms with Gasteiger partial charge in [0.2, 0.25) is 5.91 Å². The molecule has 0 atom stereocenters. The molecule has 1 heterocycles. The minimum atomic E-state index is -0.133. The molecule has 144 valence electrons. The van der Waals surface area contributed by atoms with Crippen LogP contribution in [0.5, 0.6) is 0 Å². The van der Waals surface area contributed by atoms with Crippen LogP contribution in [0.15, 0.2) is 24.3 Å². The number of aromatic nitrogens is 1. The molecule has 1 saturated carbocycles. The van der Waals surface area contributed by atoms with Gasteiger partial charge in [-0.3, -0.25) is 14.6 Å². The van der Waals surface area contributed by atoms with Crippen molar-refractivity contribution < 1.29 is 9.59 Å². The fraction of sp³-hybridized carbons (Fsp3) is 0.500. The van der Waals surface area contributed by atoms with Crippen molar-refractivity contribution in [1.82, 2.24) is 15.6 Å². The average Bonchev–Trinajstić information content (AvgIpc) is 2.68. The van der Waals surface area contributed by atoms with E-state index in [1.54, 1.807) is 0 Å². The van der Waals surface area contributed by atoms with Crippen molar-refractivity contribution in [3.63, 3.8) is 0 Å². The second kappa shape index (κ2) is 8.98. The molecule has 2 aromatic rings. The third-order valence-electron chi connectivity index (χ3n) is 5.41. The molecule has 1 aliphatic rings. The molecule has 0 aliphatic heterocycles. The van der Waals surface area contributed by atoms with Gasteiger partial charge in [-0.05, 0) is 37.8 Å². The van der Waals surface area contributed by atoms with E-state index in [1.807, 2.05) is 38.1 Å². The topological polar surface area (TPSA) is 71.1 Å². The summed E-state index contributed by atoms with van der Waals surface area (Å²) < 4.78 is 0. The number of nitrogens with one attached hydrogen (secondary N) is 2. The summed E-state index contributed by atoms with van der Waals surface area (Å²) >= 11 is 0. The summed E-state index contributed by atoms with van der Waals surface area (Å²) in [5, 5.41) is 6.87. The number of rotatable bonds is 6. The third kappa shape index (κ3) is 4.65. The molecule has 1 aliphatic carbocycles. The first-order chi connectivity index (χ1) is 13.1. The number of hydrogen-bond donors (Lipinski definition) is 2. The van der Waals surface area contributed by atoms with E-state index in [4.69, 9.17) is 0 Å². The SMILES string of the molecule is CCc1nc2ccccc2c(C(=O)NCCC(=O)NC2CCCCC2)c1C. The first-order valence-electron chi connectivity index (χ1n) is 10.1. The number of benzene rings is 1. The number of nitrogens with zero attached hydrogens (tertiary/aromatic N) is 1. The number of amides is 2. The molecule has 5 nitrogen and oxygen atoms in total.